The second-order valence-corrected chi connectivity index (χ2v) is 5.47. The maximum absolute atomic E-state index is 11.9. The van der Waals surface area contributed by atoms with Crippen LogP contribution in [0.5, 0.6) is 0 Å². The summed E-state index contributed by atoms with van der Waals surface area (Å²) in [5, 5.41) is 20.1. The van der Waals surface area contributed by atoms with Crippen molar-refractivity contribution < 1.29 is 19.7 Å². The van der Waals surface area contributed by atoms with E-state index in [0.717, 1.165) is 4.57 Å². The first-order valence-electron chi connectivity index (χ1n) is 6.71. The Kier molecular flexibility index (Phi) is 5.92. The topological polar surface area (TPSA) is 114 Å². The van der Waals surface area contributed by atoms with Crippen molar-refractivity contribution in [3.63, 3.8) is 0 Å². The number of H-pyrrole nitrogens is 1. The lowest BCUT2D eigenvalue weighted by Gasteiger charge is -2.17. The molecule has 9 heteroatoms. The number of nitrogens with zero attached hydrogens (tertiary/aromatic N) is 1. The first kappa shape index (κ1) is 17.3. The highest BCUT2D eigenvalue weighted by Crippen LogP contribution is 2.28. The number of aromatic amines is 1. The van der Waals surface area contributed by atoms with Crippen LogP contribution in [0.1, 0.15) is 18.7 Å². The molecule has 4 atom stereocenters. The largest absolute Gasteiger partial charge is 0.387 e. The highest BCUT2D eigenvalue weighted by Gasteiger charge is 2.44. The predicted molar refractivity (Wildman–Crippen MR) is 86.8 cm³/mol. The number of aliphatic hydroxyl groups excluding tert-OH is 2. The van der Waals surface area contributed by atoms with Crippen LogP contribution in [0.2, 0.25) is 0 Å². The van der Waals surface area contributed by atoms with Crippen molar-refractivity contribution in [1.82, 2.24) is 9.55 Å². The van der Waals surface area contributed by atoms with Gasteiger partial charge in [0.2, 0.25) is 0 Å². The number of aliphatic hydroxyl groups is 2. The minimum absolute atomic E-state index is 0.101. The van der Waals surface area contributed by atoms with E-state index in [9.17, 15) is 19.8 Å². The summed E-state index contributed by atoms with van der Waals surface area (Å²) in [6, 6.07) is 0. The average molecular weight is 424 g/mol. The molecule has 8 nitrogen and oxygen atoms in total. The molecule has 0 aliphatic carbocycles. The van der Waals surface area contributed by atoms with Gasteiger partial charge in [0, 0.05) is 12.8 Å². The molecule has 0 unspecified atom stereocenters. The number of hydrogen-bond acceptors (Lipinski definition) is 6. The van der Waals surface area contributed by atoms with E-state index in [2.05, 4.69) is 4.98 Å². The molecule has 0 aromatic carbocycles. The first-order chi connectivity index (χ1) is 10.5. The molecular formula is C13H17IN2O6. The van der Waals surface area contributed by atoms with Gasteiger partial charge in [-0.3, -0.25) is 14.3 Å². The molecule has 1 aliphatic rings. The molecule has 1 fully saturated rings. The molecule has 0 saturated carbocycles. The van der Waals surface area contributed by atoms with Gasteiger partial charge >= 0.3 is 5.69 Å². The molecule has 0 spiro atoms. The summed E-state index contributed by atoms with van der Waals surface area (Å²) in [4.78, 5) is 25.7. The number of hydrogen-bond donors (Lipinski definition) is 3. The molecule has 0 radical (unpaired) electrons. The quantitative estimate of drug-likeness (QED) is 0.555. The Morgan fingerprint density at radius 3 is 2.82 bits per heavy atom. The van der Waals surface area contributed by atoms with Crippen LogP contribution in [0.15, 0.2) is 19.9 Å². The first-order valence-corrected chi connectivity index (χ1v) is 7.95. The van der Waals surface area contributed by atoms with Gasteiger partial charge in [0.15, 0.2) is 6.23 Å². The maximum Gasteiger partial charge on any atom is 0.330 e. The van der Waals surface area contributed by atoms with Crippen molar-refractivity contribution in [1.29, 1.82) is 0 Å². The number of halogens is 1. The molecule has 1 aliphatic heterocycles. The summed E-state index contributed by atoms with van der Waals surface area (Å²) in [6.07, 6.45) is -1.51. The predicted octanol–water partition coefficient (Wildman–Crippen LogP) is -0.402. The van der Waals surface area contributed by atoms with Gasteiger partial charge in [0.25, 0.3) is 5.56 Å². The third-order valence-corrected chi connectivity index (χ3v) is 3.70. The fourth-order valence-corrected chi connectivity index (χ4v) is 2.59. The van der Waals surface area contributed by atoms with Crippen LogP contribution in [0.25, 0.3) is 6.08 Å². The molecule has 1 aromatic rings. The van der Waals surface area contributed by atoms with E-state index >= 15 is 0 Å². The third-order valence-electron chi connectivity index (χ3n) is 3.34. The molecule has 1 aromatic heterocycles. The van der Waals surface area contributed by atoms with Crippen LogP contribution in [0, 0.1) is 0 Å². The average Bonchev–Trinajstić information content (AvgIpc) is 2.76. The Bertz CT molecular complexity index is 655. The van der Waals surface area contributed by atoms with Crippen LogP contribution in [0.3, 0.4) is 0 Å². The summed E-state index contributed by atoms with van der Waals surface area (Å²) < 4.78 is 13.4. The Morgan fingerprint density at radius 1 is 1.45 bits per heavy atom. The van der Waals surface area contributed by atoms with Gasteiger partial charge in [-0.1, -0.05) is 22.6 Å². The van der Waals surface area contributed by atoms with E-state index in [1.807, 2.05) is 22.6 Å². The smallest absolute Gasteiger partial charge is 0.330 e. The summed E-state index contributed by atoms with van der Waals surface area (Å²) in [5.74, 6) is 0. The maximum atomic E-state index is 11.9. The zero-order valence-corrected chi connectivity index (χ0v) is 14.0. The van der Waals surface area contributed by atoms with Crippen molar-refractivity contribution in [2.45, 2.75) is 31.5 Å². The lowest BCUT2D eigenvalue weighted by Crippen LogP contribution is -2.38. The number of nitrogens with one attached hydrogen (secondary N) is 1. The zero-order chi connectivity index (χ0) is 16.3. The third kappa shape index (κ3) is 3.49. The van der Waals surface area contributed by atoms with Crippen LogP contribution < -0.4 is 11.2 Å². The second-order valence-electron chi connectivity index (χ2n) is 4.75. The monoisotopic (exact) mass is 424 g/mol. The second kappa shape index (κ2) is 7.51. The number of aromatic nitrogens is 2. The normalized spacial score (nSPS) is 28.5. The Labute approximate surface area is 139 Å². The highest BCUT2D eigenvalue weighted by molar-refractivity contribution is 14.1. The SMILES string of the molecule is CCOC[C@H]1O[C@@H](n2cc(C=CI)c(=O)[nH]c2=O)[C@@H](O)[C@@H]1O. The molecule has 0 amide bonds. The molecule has 2 heterocycles. The van der Waals surface area contributed by atoms with Crippen molar-refractivity contribution in [3.05, 3.63) is 36.7 Å². The summed E-state index contributed by atoms with van der Waals surface area (Å²) in [6.45, 7) is 2.34. The number of ether oxygens (including phenoxy) is 2. The highest BCUT2D eigenvalue weighted by atomic mass is 127. The van der Waals surface area contributed by atoms with Crippen molar-refractivity contribution in [2.24, 2.45) is 0 Å². The van der Waals surface area contributed by atoms with Crippen molar-refractivity contribution in [2.75, 3.05) is 13.2 Å². The van der Waals surface area contributed by atoms with Gasteiger partial charge in [0.05, 0.1) is 12.2 Å². The Balaban J connectivity index is 2.33. The van der Waals surface area contributed by atoms with E-state index in [0.29, 0.717) is 6.61 Å². The van der Waals surface area contributed by atoms with E-state index in [4.69, 9.17) is 9.47 Å². The van der Waals surface area contributed by atoms with Crippen LogP contribution in [0.4, 0.5) is 0 Å². The van der Waals surface area contributed by atoms with Crippen molar-refractivity contribution >= 4 is 28.7 Å². The fraction of sp³-hybridized carbons (Fsp3) is 0.538. The summed E-state index contributed by atoms with van der Waals surface area (Å²) in [7, 11) is 0. The molecule has 2 rings (SSSR count). The standard InChI is InChI=1S/C13H17IN2O6/c1-2-21-6-8-9(17)10(18)12(22-8)16-5-7(3-4-14)11(19)15-13(16)20/h3-5,8-10,12,17-18H,2,6H2,1H3,(H,15,19,20)/t8-,9-,10+,12-/m1/s1. The van der Waals surface area contributed by atoms with E-state index < -0.39 is 35.8 Å². The molecule has 3 N–H and O–H groups in total. The Morgan fingerprint density at radius 2 is 2.18 bits per heavy atom. The summed E-state index contributed by atoms with van der Waals surface area (Å²) in [5.41, 5.74) is -1.01. The fourth-order valence-electron chi connectivity index (χ4n) is 2.21. The molecule has 0 bridgehead atoms. The minimum atomic E-state index is -1.30. The van der Waals surface area contributed by atoms with Crippen LogP contribution in [-0.2, 0) is 9.47 Å². The van der Waals surface area contributed by atoms with Gasteiger partial charge in [-0.25, -0.2) is 4.79 Å². The van der Waals surface area contributed by atoms with Gasteiger partial charge in [-0.05, 0) is 17.1 Å². The Hall–Kier alpha value is -1.01. The molecular weight excluding hydrogens is 407 g/mol. The molecule has 22 heavy (non-hydrogen) atoms. The lowest BCUT2D eigenvalue weighted by molar-refractivity contribution is -0.0669. The molecule has 1 saturated heterocycles. The van der Waals surface area contributed by atoms with Crippen LogP contribution in [-0.4, -0.2) is 51.3 Å². The van der Waals surface area contributed by atoms with E-state index in [1.54, 1.807) is 11.0 Å². The lowest BCUT2D eigenvalue weighted by atomic mass is 10.1. The number of rotatable bonds is 5. The van der Waals surface area contributed by atoms with Gasteiger partial charge in [0.1, 0.15) is 18.3 Å². The molecule has 122 valence electrons. The zero-order valence-electron chi connectivity index (χ0n) is 11.8. The van der Waals surface area contributed by atoms with E-state index in [1.165, 1.54) is 12.3 Å². The van der Waals surface area contributed by atoms with Crippen LogP contribution >= 0.6 is 22.6 Å². The van der Waals surface area contributed by atoms with Gasteiger partial charge < -0.3 is 19.7 Å². The van der Waals surface area contributed by atoms with Gasteiger partial charge in [-0.2, -0.15) is 0 Å². The summed E-state index contributed by atoms with van der Waals surface area (Å²) >= 11 is 1.94. The minimum Gasteiger partial charge on any atom is -0.387 e. The van der Waals surface area contributed by atoms with Gasteiger partial charge in [-0.15, -0.1) is 0 Å². The van der Waals surface area contributed by atoms with Crippen molar-refractivity contribution in [3.8, 4) is 0 Å². The van der Waals surface area contributed by atoms with E-state index in [-0.39, 0.29) is 12.2 Å².